The van der Waals surface area contributed by atoms with Crippen LogP contribution in [0, 0.1) is 6.92 Å². The van der Waals surface area contributed by atoms with Gasteiger partial charge in [0, 0.05) is 10.4 Å². The van der Waals surface area contributed by atoms with Crippen LogP contribution in [0.5, 0.6) is 0 Å². The van der Waals surface area contributed by atoms with Crippen LogP contribution in [-0.2, 0) is 6.18 Å². The van der Waals surface area contributed by atoms with E-state index in [1.165, 1.54) is 11.3 Å². The van der Waals surface area contributed by atoms with Gasteiger partial charge in [-0.05, 0) is 36.9 Å². The Morgan fingerprint density at radius 3 is 2.05 bits per heavy atom. The maximum absolute atomic E-state index is 12.7. The summed E-state index contributed by atoms with van der Waals surface area (Å²) in [5.41, 5.74) is 0.675. The van der Waals surface area contributed by atoms with Crippen molar-refractivity contribution in [1.29, 1.82) is 0 Å². The molecule has 0 saturated heterocycles. The average Bonchev–Trinajstić information content (AvgIpc) is 2.68. The number of aryl methyl sites for hydroxylation is 1. The van der Waals surface area contributed by atoms with Gasteiger partial charge in [0.1, 0.15) is 0 Å². The minimum absolute atomic E-state index is 0.0127. The maximum atomic E-state index is 12.7. The quantitative estimate of drug-likeness (QED) is 0.535. The van der Waals surface area contributed by atoms with Gasteiger partial charge >= 0.3 is 6.18 Å². The van der Waals surface area contributed by atoms with Crippen molar-refractivity contribution in [3.05, 3.63) is 39.4 Å². The van der Waals surface area contributed by atoms with Gasteiger partial charge in [0.25, 0.3) is 0 Å². The van der Waals surface area contributed by atoms with Gasteiger partial charge in [0.05, 0.1) is 19.8 Å². The van der Waals surface area contributed by atoms with E-state index in [2.05, 4.69) is 0 Å². The van der Waals surface area contributed by atoms with Crippen LogP contribution in [0.2, 0.25) is 10.0 Å². The van der Waals surface area contributed by atoms with E-state index in [9.17, 15) is 13.2 Å². The molecule has 0 N–H and O–H groups in total. The number of thiophene rings is 1. The van der Waals surface area contributed by atoms with E-state index in [0.29, 0.717) is 5.56 Å². The lowest BCUT2D eigenvalue weighted by Gasteiger charge is -2.11. The molecule has 0 unspecified atom stereocenters. The Morgan fingerprint density at radius 1 is 1.10 bits per heavy atom. The lowest BCUT2D eigenvalue weighted by molar-refractivity contribution is -0.137. The number of thioether (sulfide) groups is 1. The molecule has 0 aliphatic heterocycles. The van der Waals surface area contributed by atoms with Crippen LogP contribution in [0.4, 0.5) is 13.2 Å². The first-order valence-corrected chi connectivity index (χ1v) is 8.24. The molecule has 1 aromatic carbocycles. The van der Waals surface area contributed by atoms with Crippen LogP contribution in [0.3, 0.4) is 0 Å². The first-order chi connectivity index (χ1) is 9.24. The molecule has 0 fully saturated rings. The molecule has 1 heterocycles. The summed E-state index contributed by atoms with van der Waals surface area (Å²) in [4.78, 5) is 0.774. The van der Waals surface area contributed by atoms with E-state index in [0.717, 1.165) is 26.8 Å². The predicted molar refractivity (Wildman–Crippen MR) is 81.3 cm³/mol. The second-order valence-corrected chi connectivity index (χ2v) is 7.04. The predicted octanol–water partition coefficient (Wildman–Crippen LogP) is 6.77. The molecular weight excluding hydrogens is 348 g/mol. The Kier molecular flexibility index (Phi) is 4.64. The van der Waals surface area contributed by atoms with Crippen molar-refractivity contribution < 1.29 is 13.2 Å². The molecule has 0 nitrogen and oxygen atoms in total. The fourth-order valence-corrected chi connectivity index (χ4v) is 4.53. The van der Waals surface area contributed by atoms with Gasteiger partial charge in [-0.15, -0.1) is 23.1 Å². The smallest absolute Gasteiger partial charge is 0.166 e. The molecule has 2 aromatic rings. The van der Waals surface area contributed by atoms with Crippen LogP contribution in [0.1, 0.15) is 11.1 Å². The van der Waals surface area contributed by atoms with Gasteiger partial charge < -0.3 is 0 Å². The monoisotopic (exact) mass is 356 g/mol. The van der Waals surface area contributed by atoms with Crippen LogP contribution >= 0.6 is 46.3 Å². The largest absolute Gasteiger partial charge is 0.416 e. The van der Waals surface area contributed by atoms with E-state index in [4.69, 9.17) is 23.2 Å². The van der Waals surface area contributed by atoms with Crippen molar-refractivity contribution in [3.8, 4) is 10.4 Å². The van der Waals surface area contributed by atoms with Gasteiger partial charge in [-0.1, -0.05) is 23.2 Å². The number of alkyl halides is 3. The fourth-order valence-electron chi connectivity index (χ4n) is 1.76. The van der Waals surface area contributed by atoms with Gasteiger partial charge in [0.15, 0.2) is 0 Å². The summed E-state index contributed by atoms with van der Waals surface area (Å²) in [5.74, 6) is 0. The summed E-state index contributed by atoms with van der Waals surface area (Å²) < 4.78 is 39.2. The van der Waals surface area contributed by atoms with Crippen LogP contribution in [0.25, 0.3) is 10.4 Å². The van der Waals surface area contributed by atoms with Gasteiger partial charge in [0.2, 0.25) is 0 Å². The Hall–Kier alpha value is -0.360. The minimum Gasteiger partial charge on any atom is -0.166 e. The molecule has 0 radical (unpaired) electrons. The highest BCUT2D eigenvalue weighted by molar-refractivity contribution is 8.00. The molecule has 0 spiro atoms. The highest BCUT2D eigenvalue weighted by atomic mass is 35.5. The zero-order chi connectivity index (χ0) is 15.1. The number of hydrogen-bond acceptors (Lipinski definition) is 2. The zero-order valence-electron chi connectivity index (χ0n) is 10.4. The maximum Gasteiger partial charge on any atom is 0.416 e. The molecule has 0 aliphatic rings. The Labute approximate surface area is 132 Å². The zero-order valence-corrected chi connectivity index (χ0v) is 13.6. The fraction of sp³-hybridized carbons (Fsp3) is 0.231. The van der Waals surface area contributed by atoms with E-state index < -0.39 is 11.7 Å². The molecule has 7 heteroatoms. The van der Waals surface area contributed by atoms with Gasteiger partial charge in [-0.2, -0.15) is 13.2 Å². The molecule has 108 valence electrons. The molecule has 0 atom stereocenters. The lowest BCUT2D eigenvalue weighted by atomic mass is 10.1. The molecule has 0 bridgehead atoms. The molecule has 2 rings (SSSR count). The molecule has 20 heavy (non-hydrogen) atoms. The standard InChI is InChI=1S/C13H9Cl2F3S2/c1-6-3-10(20-12(6)19-2)11-8(14)4-7(5-9(11)15)13(16,17)18/h3-5H,1-2H3. The molecule has 0 aliphatic carbocycles. The Bertz CT molecular complexity index is 625. The Morgan fingerprint density at radius 2 is 1.65 bits per heavy atom. The van der Waals surface area contributed by atoms with Crippen LogP contribution in [0.15, 0.2) is 22.4 Å². The molecule has 0 amide bonds. The summed E-state index contributed by atoms with van der Waals surface area (Å²) in [7, 11) is 0. The number of hydrogen-bond donors (Lipinski definition) is 0. The summed E-state index contributed by atoms with van der Waals surface area (Å²) in [6, 6.07) is 3.71. The first-order valence-electron chi connectivity index (χ1n) is 5.45. The number of halogens is 5. The number of benzene rings is 1. The summed E-state index contributed by atoms with van der Waals surface area (Å²) >= 11 is 15.0. The normalized spacial score (nSPS) is 11.9. The van der Waals surface area contributed by atoms with Crippen molar-refractivity contribution in [2.45, 2.75) is 17.3 Å². The Balaban J connectivity index is 2.58. The number of rotatable bonds is 2. The highest BCUT2D eigenvalue weighted by Crippen LogP contribution is 2.44. The molecular formula is C13H9Cl2F3S2. The van der Waals surface area contributed by atoms with Crippen molar-refractivity contribution >= 4 is 46.3 Å². The summed E-state index contributed by atoms with van der Waals surface area (Å²) in [6.07, 6.45) is -2.51. The molecule has 0 saturated carbocycles. The van der Waals surface area contributed by atoms with Crippen molar-refractivity contribution in [1.82, 2.24) is 0 Å². The van der Waals surface area contributed by atoms with Gasteiger partial charge in [-0.3, -0.25) is 0 Å². The first kappa shape index (κ1) is 16.0. The average molecular weight is 357 g/mol. The van der Waals surface area contributed by atoms with Crippen molar-refractivity contribution in [2.75, 3.05) is 6.26 Å². The summed E-state index contributed by atoms with van der Waals surface area (Å²) in [5, 5.41) is 0.0254. The highest BCUT2D eigenvalue weighted by Gasteiger charge is 2.32. The van der Waals surface area contributed by atoms with E-state index in [1.807, 2.05) is 19.2 Å². The summed E-state index contributed by atoms with van der Waals surface area (Å²) in [6.45, 7) is 1.94. The van der Waals surface area contributed by atoms with E-state index >= 15 is 0 Å². The van der Waals surface area contributed by atoms with Crippen molar-refractivity contribution in [3.63, 3.8) is 0 Å². The third-order valence-electron chi connectivity index (χ3n) is 2.67. The lowest BCUT2D eigenvalue weighted by Crippen LogP contribution is -2.05. The topological polar surface area (TPSA) is 0 Å². The third kappa shape index (κ3) is 3.11. The van der Waals surface area contributed by atoms with Crippen LogP contribution < -0.4 is 0 Å². The van der Waals surface area contributed by atoms with Crippen molar-refractivity contribution in [2.24, 2.45) is 0 Å². The van der Waals surface area contributed by atoms with E-state index in [1.54, 1.807) is 11.8 Å². The van der Waals surface area contributed by atoms with E-state index in [-0.39, 0.29) is 10.0 Å². The second kappa shape index (κ2) is 5.79. The van der Waals surface area contributed by atoms with Gasteiger partial charge in [-0.25, -0.2) is 0 Å². The third-order valence-corrected chi connectivity index (χ3v) is 5.76. The van der Waals surface area contributed by atoms with Crippen LogP contribution in [-0.4, -0.2) is 6.26 Å². The SMILES string of the molecule is CSc1sc(-c2c(Cl)cc(C(F)(F)F)cc2Cl)cc1C. The second-order valence-electron chi connectivity index (χ2n) is 4.10. The molecule has 1 aromatic heterocycles. The minimum atomic E-state index is -4.46.